The molecule has 0 spiro atoms. The van der Waals surface area contributed by atoms with Crippen LogP contribution in [-0.2, 0) is 14.4 Å². The molecule has 1 heterocycles. The molecule has 2 amide bonds. The third kappa shape index (κ3) is 6.93. The van der Waals surface area contributed by atoms with Crippen LogP contribution < -0.4 is 10.2 Å². The lowest BCUT2D eigenvalue weighted by molar-refractivity contribution is -0.193. The van der Waals surface area contributed by atoms with Crippen LogP contribution in [-0.4, -0.2) is 54.2 Å². The Bertz CT molecular complexity index is 1350. The lowest BCUT2D eigenvalue weighted by Gasteiger charge is -2.46. The number of aliphatic imine (C=N–C) groups is 1. The molecule has 0 saturated heterocycles. The van der Waals surface area contributed by atoms with Gasteiger partial charge in [-0.3, -0.25) is 14.4 Å². The highest BCUT2D eigenvalue weighted by Gasteiger charge is 2.60. The molecule has 3 rings (SSSR count). The van der Waals surface area contributed by atoms with E-state index in [1.54, 1.807) is 54.6 Å². The minimum absolute atomic E-state index is 0.221. The number of carbonyl (C=O) groups is 3. The van der Waals surface area contributed by atoms with Gasteiger partial charge in [-0.15, -0.1) is 0 Å². The largest absolute Gasteiger partial charge is 0.481 e. The number of anilines is 1. The van der Waals surface area contributed by atoms with Gasteiger partial charge in [-0.2, -0.15) is 26.3 Å². The Labute approximate surface area is 238 Å². The number of nitrogens with one attached hydrogen (secondary N) is 1. The SMILES string of the molecule is CN1C(=O)[C@@H](NC(=O)[C@H](CC(F)(F)F)[C@](CCC(F)(F)F)(C(=O)O)C(C)(C)C)N=C(c2ccccc2)c2ccccc21. The van der Waals surface area contributed by atoms with Crippen LogP contribution in [0.25, 0.3) is 0 Å². The monoisotopic (exact) mass is 599 g/mol. The van der Waals surface area contributed by atoms with E-state index in [0.29, 0.717) is 16.8 Å². The molecule has 0 saturated carbocycles. The number of hydrogen-bond acceptors (Lipinski definition) is 4. The van der Waals surface area contributed by atoms with E-state index in [9.17, 15) is 45.8 Å². The zero-order chi connectivity index (χ0) is 31.7. The third-order valence-corrected chi connectivity index (χ3v) is 7.54. The number of para-hydroxylation sites is 1. The zero-order valence-corrected chi connectivity index (χ0v) is 23.3. The third-order valence-electron chi connectivity index (χ3n) is 7.54. The van der Waals surface area contributed by atoms with Gasteiger partial charge in [-0.1, -0.05) is 69.3 Å². The molecular weight excluding hydrogens is 568 g/mol. The van der Waals surface area contributed by atoms with Crippen molar-refractivity contribution in [3.8, 4) is 0 Å². The molecule has 42 heavy (non-hydrogen) atoms. The number of alkyl halides is 6. The highest BCUT2D eigenvalue weighted by atomic mass is 19.4. The average Bonchev–Trinajstić information content (AvgIpc) is 2.97. The Morgan fingerprint density at radius 3 is 2.02 bits per heavy atom. The molecule has 0 bridgehead atoms. The molecule has 7 nitrogen and oxygen atoms in total. The summed E-state index contributed by atoms with van der Waals surface area (Å²) >= 11 is 0. The number of amides is 2. The van der Waals surface area contributed by atoms with Gasteiger partial charge in [0.2, 0.25) is 12.1 Å². The molecule has 13 heteroatoms. The van der Waals surface area contributed by atoms with Gasteiger partial charge in [-0.25, -0.2) is 4.99 Å². The van der Waals surface area contributed by atoms with E-state index in [1.807, 2.05) is 0 Å². The van der Waals surface area contributed by atoms with E-state index in [2.05, 4.69) is 10.3 Å². The summed E-state index contributed by atoms with van der Waals surface area (Å²) in [7, 11) is 1.37. The lowest BCUT2D eigenvalue weighted by atomic mass is 9.56. The van der Waals surface area contributed by atoms with E-state index < -0.39 is 72.3 Å². The predicted octanol–water partition coefficient (Wildman–Crippen LogP) is 5.97. The molecule has 0 unspecified atom stereocenters. The fourth-order valence-corrected chi connectivity index (χ4v) is 5.39. The summed E-state index contributed by atoms with van der Waals surface area (Å²) in [6.07, 6.45) is -16.9. The number of fused-ring (bicyclic) bond motifs is 1. The van der Waals surface area contributed by atoms with Crippen molar-refractivity contribution in [3.05, 3.63) is 65.7 Å². The van der Waals surface area contributed by atoms with E-state index in [1.165, 1.54) is 27.8 Å². The van der Waals surface area contributed by atoms with Crippen LogP contribution in [0.15, 0.2) is 59.6 Å². The summed E-state index contributed by atoms with van der Waals surface area (Å²) in [6, 6.07) is 15.0. The number of nitrogens with zero attached hydrogens (tertiary/aromatic N) is 2. The van der Waals surface area contributed by atoms with E-state index >= 15 is 0 Å². The van der Waals surface area contributed by atoms with E-state index in [0.717, 1.165) is 4.90 Å². The van der Waals surface area contributed by atoms with Crippen LogP contribution in [0, 0.1) is 16.7 Å². The number of carbonyl (C=O) groups excluding carboxylic acids is 2. The summed E-state index contributed by atoms with van der Waals surface area (Å²) in [5, 5.41) is 12.4. The number of halogens is 6. The normalized spacial score (nSPS) is 18.3. The quantitative estimate of drug-likeness (QED) is 0.366. The van der Waals surface area contributed by atoms with Gasteiger partial charge < -0.3 is 15.3 Å². The molecule has 2 aromatic rings. The highest BCUT2D eigenvalue weighted by Crippen LogP contribution is 2.53. The first-order chi connectivity index (χ1) is 19.3. The lowest BCUT2D eigenvalue weighted by Crippen LogP contribution is -2.57. The van der Waals surface area contributed by atoms with Gasteiger partial charge in [0.15, 0.2) is 0 Å². The second-order valence-electron chi connectivity index (χ2n) is 11.2. The zero-order valence-electron chi connectivity index (χ0n) is 23.3. The first kappa shape index (κ1) is 32.6. The Morgan fingerprint density at radius 1 is 0.929 bits per heavy atom. The summed E-state index contributed by atoms with van der Waals surface area (Å²) in [5.41, 5.74) is -2.98. The van der Waals surface area contributed by atoms with Gasteiger partial charge in [0.1, 0.15) is 0 Å². The first-order valence-electron chi connectivity index (χ1n) is 13.0. The van der Waals surface area contributed by atoms with Crippen molar-refractivity contribution in [2.24, 2.45) is 21.7 Å². The minimum Gasteiger partial charge on any atom is -0.481 e. The number of carboxylic acid groups (broad SMARTS) is 1. The van der Waals surface area contributed by atoms with Crippen molar-refractivity contribution in [1.29, 1.82) is 0 Å². The van der Waals surface area contributed by atoms with Crippen LogP contribution in [0.2, 0.25) is 0 Å². The molecule has 2 N–H and O–H groups in total. The summed E-state index contributed by atoms with van der Waals surface area (Å²) < 4.78 is 81.5. The number of benzodiazepines with no additional fused rings is 1. The van der Waals surface area contributed by atoms with E-state index in [4.69, 9.17) is 0 Å². The Kier molecular flexibility index (Phi) is 9.14. The van der Waals surface area contributed by atoms with Gasteiger partial charge in [0, 0.05) is 24.6 Å². The second-order valence-corrected chi connectivity index (χ2v) is 11.2. The maximum absolute atomic E-state index is 13.9. The van der Waals surface area contributed by atoms with Gasteiger partial charge >= 0.3 is 18.3 Å². The number of likely N-dealkylation sites (N-methyl/N-ethyl adjacent to an activating group) is 1. The van der Waals surface area contributed by atoms with Crippen molar-refractivity contribution < 1.29 is 45.8 Å². The highest BCUT2D eigenvalue weighted by molar-refractivity contribution is 6.20. The summed E-state index contributed by atoms with van der Waals surface area (Å²) in [6.45, 7) is 3.50. The number of benzene rings is 2. The van der Waals surface area contributed by atoms with Crippen molar-refractivity contribution >= 4 is 29.2 Å². The van der Waals surface area contributed by atoms with Gasteiger partial charge in [-0.05, 0) is 17.9 Å². The number of hydrogen-bond donors (Lipinski definition) is 2. The molecule has 0 fully saturated rings. The summed E-state index contributed by atoms with van der Waals surface area (Å²) in [4.78, 5) is 45.4. The molecule has 0 radical (unpaired) electrons. The standard InChI is InChI=1S/C29H31F6N3O4/c1-26(2,3)27(25(41)42,14-15-28(30,31)32)19(16-29(33,34)35)23(39)37-22-24(40)38(4)20-13-9-8-12-18(20)21(36-22)17-10-6-5-7-11-17/h5-13,19,22H,14-16H2,1-4H3,(H,37,39)(H,41,42)/t19-,22+,27+/m0/s1. The van der Waals surface area contributed by atoms with Crippen molar-refractivity contribution in [3.63, 3.8) is 0 Å². The van der Waals surface area contributed by atoms with Crippen molar-refractivity contribution in [1.82, 2.24) is 5.32 Å². The molecule has 2 aromatic carbocycles. The smallest absolute Gasteiger partial charge is 0.389 e. The van der Waals surface area contributed by atoms with Crippen molar-refractivity contribution in [2.45, 2.75) is 58.6 Å². The van der Waals surface area contributed by atoms with Gasteiger partial charge in [0.25, 0.3) is 5.91 Å². The first-order valence-corrected chi connectivity index (χ1v) is 13.0. The minimum atomic E-state index is -5.13. The van der Waals surface area contributed by atoms with E-state index in [-0.39, 0.29) is 5.71 Å². The predicted molar refractivity (Wildman–Crippen MR) is 143 cm³/mol. The van der Waals surface area contributed by atoms with Crippen LogP contribution >= 0.6 is 0 Å². The molecule has 0 aliphatic carbocycles. The molecule has 228 valence electrons. The number of rotatable bonds is 8. The molecule has 1 aliphatic rings. The fourth-order valence-electron chi connectivity index (χ4n) is 5.39. The molecule has 1 aliphatic heterocycles. The van der Waals surface area contributed by atoms with Crippen molar-refractivity contribution in [2.75, 3.05) is 11.9 Å². The summed E-state index contributed by atoms with van der Waals surface area (Å²) in [5.74, 6) is -6.93. The van der Waals surface area contributed by atoms with Gasteiger partial charge in [0.05, 0.1) is 29.2 Å². The maximum Gasteiger partial charge on any atom is 0.389 e. The Balaban J connectivity index is 2.17. The van der Waals surface area contributed by atoms with Crippen LogP contribution in [0.3, 0.4) is 0 Å². The second kappa shape index (κ2) is 11.8. The maximum atomic E-state index is 13.9. The molecular formula is C29H31F6N3O4. The average molecular weight is 600 g/mol. The molecule has 0 aromatic heterocycles. The Morgan fingerprint density at radius 2 is 1.50 bits per heavy atom. The topological polar surface area (TPSA) is 99.1 Å². The van der Waals surface area contributed by atoms with Crippen LogP contribution in [0.4, 0.5) is 32.0 Å². The fraction of sp³-hybridized carbons (Fsp3) is 0.448. The molecule has 3 atom stereocenters. The number of aliphatic carboxylic acids is 1. The Hall–Kier alpha value is -3.90. The number of carboxylic acids is 1. The van der Waals surface area contributed by atoms with Crippen LogP contribution in [0.5, 0.6) is 0 Å². The van der Waals surface area contributed by atoms with Crippen LogP contribution in [0.1, 0.15) is 51.2 Å².